The fraction of sp³-hybridized carbons (Fsp3) is 0.0455. The van der Waals surface area contributed by atoms with Gasteiger partial charge in [-0.25, -0.2) is 4.39 Å². The Labute approximate surface area is 140 Å². The molecule has 2 heteroatoms. The highest BCUT2D eigenvalue weighted by Gasteiger charge is 2.17. The molecule has 4 rings (SSSR count). The number of benzene rings is 3. The number of aryl methyl sites for hydroxylation is 1. The largest absolute Gasteiger partial charge is 0.252 e. The summed E-state index contributed by atoms with van der Waals surface area (Å²) in [6.45, 7) is 1.87. The van der Waals surface area contributed by atoms with E-state index in [0.717, 1.165) is 27.8 Å². The fourth-order valence-electron chi connectivity index (χ4n) is 3.21. The van der Waals surface area contributed by atoms with Crippen molar-refractivity contribution in [2.75, 3.05) is 0 Å². The summed E-state index contributed by atoms with van der Waals surface area (Å²) >= 11 is 0. The molecule has 0 saturated heterocycles. The van der Waals surface area contributed by atoms with Gasteiger partial charge in [0.2, 0.25) is 0 Å². The summed E-state index contributed by atoms with van der Waals surface area (Å²) in [6, 6.07) is 25.4. The van der Waals surface area contributed by atoms with Crippen LogP contribution in [0.4, 0.5) is 4.39 Å². The summed E-state index contributed by atoms with van der Waals surface area (Å²) in [6.07, 6.45) is 0. The van der Waals surface area contributed by atoms with Gasteiger partial charge in [0.05, 0.1) is 5.69 Å². The van der Waals surface area contributed by atoms with E-state index >= 15 is 0 Å². The van der Waals surface area contributed by atoms with Crippen LogP contribution in [0.25, 0.3) is 33.2 Å². The Kier molecular flexibility index (Phi) is 3.58. The van der Waals surface area contributed by atoms with Gasteiger partial charge in [0.1, 0.15) is 5.82 Å². The molecule has 0 amide bonds. The number of hydrogen-bond acceptors (Lipinski definition) is 1. The molecular formula is C22H16FN. The molecule has 0 N–H and O–H groups in total. The molecule has 3 aromatic carbocycles. The molecular weight excluding hydrogens is 297 g/mol. The van der Waals surface area contributed by atoms with Crippen molar-refractivity contribution in [1.29, 1.82) is 0 Å². The van der Waals surface area contributed by atoms with Crippen molar-refractivity contribution >= 4 is 10.8 Å². The lowest BCUT2D eigenvalue weighted by Gasteiger charge is -2.15. The van der Waals surface area contributed by atoms with E-state index in [2.05, 4.69) is 0 Å². The van der Waals surface area contributed by atoms with E-state index in [1.807, 2.05) is 73.7 Å². The second kappa shape index (κ2) is 5.89. The minimum atomic E-state index is -0.228. The van der Waals surface area contributed by atoms with Crippen LogP contribution < -0.4 is 0 Å². The molecule has 0 spiro atoms. The topological polar surface area (TPSA) is 12.9 Å². The number of rotatable bonds is 2. The Morgan fingerprint density at radius 2 is 1.33 bits per heavy atom. The third-order valence-corrected chi connectivity index (χ3v) is 4.27. The molecule has 0 saturated carbocycles. The van der Waals surface area contributed by atoms with Gasteiger partial charge in [0, 0.05) is 22.2 Å². The zero-order valence-corrected chi connectivity index (χ0v) is 13.3. The van der Waals surface area contributed by atoms with Crippen LogP contribution in [-0.4, -0.2) is 4.98 Å². The SMILES string of the molecule is Cc1nc(-c2ccccc2)c(-c2ccccc2)c2cccc(F)c12. The summed E-state index contributed by atoms with van der Waals surface area (Å²) in [4.78, 5) is 4.77. The monoisotopic (exact) mass is 313 g/mol. The van der Waals surface area contributed by atoms with E-state index < -0.39 is 0 Å². The number of pyridine rings is 1. The second-order valence-electron chi connectivity index (χ2n) is 5.82. The minimum Gasteiger partial charge on any atom is -0.252 e. The molecule has 1 heterocycles. The Balaban J connectivity index is 2.17. The molecule has 0 aliphatic carbocycles. The predicted molar refractivity (Wildman–Crippen MR) is 97.3 cm³/mol. The van der Waals surface area contributed by atoms with Crippen molar-refractivity contribution in [3.05, 3.63) is 90.4 Å². The molecule has 0 bridgehead atoms. The van der Waals surface area contributed by atoms with E-state index in [4.69, 9.17) is 4.98 Å². The zero-order valence-electron chi connectivity index (χ0n) is 13.3. The Morgan fingerprint density at radius 3 is 2.00 bits per heavy atom. The fourth-order valence-corrected chi connectivity index (χ4v) is 3.21. The van der Waals surface area contributed by atoms with Gasteiger partial charge in [0.15, 0.2) is 0 Å². The quantitative estimate of drug-likeness (QED) is 0.441. The Bertz CT molecular complexity index is 1010. The lowest BCUT2D eigenvalue weighted by Crippen LogP contribution is -1.97. The van der Waals surface area contributed by atoms with Gasteiger partial charge in [0.25, 0.3) is 0 Å². The second-order valence-corrected chi connectivity index (χ2v) is 5.82. The van der Waals surface area contributed by atoms with Crippen LogP contribution in [-0.2, 0) is 0 Å². The van der Waals surface area contributed by atoms with E-state index in [-0.39, 0.29) is 5.82 Å². The van der Waals surface area contributed by atoms with Gasteiger partial charge in [-0.15, -0.1) is 0 Å². The van der Waals surface area contributed by atoms with Gasteiger partial charge in [-0.05, 0) is 23.9 Å². The third-order valence-electron chi connectivity index (χ3n) is 4.27. The van der Waals surface area contributed by atoms with Gasteiger partial charge in [-0.1, -0.05) is 72.8 Å². The summed E-state index contributed by atoms with van der Waals surface area (Å²) in [7, 11) is 0. The summed E-state index contributed by atoms with van der Waals surface area (Å²) in [5.41, 5.74) is 4.64. The summed E-state index contributed by atoms with van der Waals surface area (Å²) in [5, 5.41) is 1.49. The van der Waals surface area contributed by atoms with Crippen LogP contribution in [0.5, 0.6) is 0 Å². The maximum Gasteiger partial charge on any atom is 0.132 e. The van der Waals surface area contributed by atoms with Crippen molar-refractivity contribution in [2.24, 2.45) is 0 Å². The molecule has 116 valence electrons. The first-order chi connectivity index (χ1) is 11.8. The maximum atomic E-state index is 14.4. The number of aromatic nitrogens is 1. The molecule has 4 aromatic rings. The van der Waals surface area contributed by atoms with Crippen molar-refractivity contribution < 1.29 is 4.39 Å². The summed E-state index contributed by atoms with van der Waals surface area (Å²) in [5.74, 6) is -0.228. The van der Waals surface area contributed by atoms with Crippen LogP contribution in [0.3, 0.4) is 0 Å². The first-order valence-electron chi connectivity index (χ1n) is 7.95. The van der Waals surface area contributed by atoms with Crippen LogP contribution in [0.15, 0.2) is 78.9 Å². The van der Waals surface area contributed by atoms with Crippen LogP contribution in [0.2, 0.25) is 0 Å². The van der Waals surface area contributed by atoms with Crippen molar-refractivity contribution in [2.45, 2.75) is 6.92 Å². The maximum absolute atomic E-state index is 14.4. The number of hydrogen-bond donors (Lipinski definition) is 0. The highest BCUT2D eigenvalue weighted by Crippen LogP contribution is 2.38. The number of fused-ring (bicyclic) bond motifs is 1. The van der Waals surface area contributed by atoms with Crippen LogP contribution in [0, 0.1) is 12.7 Å². The van der Waals surface area contributed by atoms with Gasteiger partial charge < -0.3 is 0 Å². The highest BCUT2D eigenvalue weighted by atomic mass is 19.1. The smallest absolute Gasteiger partial charge is 0.132 e. The van der Waals surface area contributed by atoms with Crippen molar-refractivity contribution in [3.63, 3.8) is 0 Å². The summed E-state index contributed by atoms with van der Waals surface area (Å²) < 4.78 is 14.4. The molecule has 0 aliphatic rings. The number of halogens is 1. The van der Waals surface area contributed by atoms with E-state index in [1.165, 1.54) is 6.07 Å². The molecule has 0 aliphatic heterocycles. The van der Waals surface area contributed by atoms with Gasteiger partial charge in [-0.3, -0.25) is 4.98 Å². The molecule has 24 heavy (non-hydrogen) atoms. The molecule has 0 radical (unpaired) electrons. The predicted octanol–water partition coefficient (Wildman–Crippen LogP) is 6.02. The van der Waals surface area contributed by atoms with E-state index in [0.29, 0.717) is 11.1 Å². The van der Waals surface area contributed by atoms with Gasteiger partial charge >= 0.3 is 0 Å². The first-order valence-corrected chi connectivity index (χ1v) is 7.95. The van der Waals surface area contributed by atoms with Gasteiger partial charge in [-0.2, -0.15) is 0 Å². The first kappa shape index (κ1) is 14.6. The Hall–Kier alpha value is -3.00. The third kappa shape index (κ3) is 2.37. The zero-order chi connectivity index (χ0) is 16.5. The standard InChI is InChI=1S/C22H16FN/c1-15-20-18(13-8-14-19(20)23)21(16-9-4-2-5-10-16)22(24-15)17-11-6-3-7-12-17/h2-14H,1H3. The molecule has 0 atom stereocenters. The van der Waals surface area contributed by atoms with E-state index in [9.17, 15) is 4.39 Å². The van der Waals surface area contributed by atoms with Crippen molar-refractivity contribution in [3.8, 4) is 22.4 Å². The average Bonchev–Trinajstić information content (AvgIpc) is 2.63. The average molecular weight is 313 g/mol. The molecule has 1 aromatic heterocycles. The highest BCUT2D eigenvalue weighted by molar-refractivity contribution is 6.03. The number of nitrogens with zero attached hydrogens (tertiary/aromatic N) is 1. The normalized spacial score (nSPS) is 10.9. The molecule has 0 fully saturated rings. The van der Waals surface area contributed by atoms with Crippen LogP contribution in [0.1, 0.15) is 5.69 Å². The Morgan fingerprint density at radius 1 is 0.708 bits per heavy atom. The van der Waals surface area contributed by atoms with Crippen molar-refractivity contribution in [1.82, 2.24) is 4.98 Å². The lowest BCUT2D eigenvalue weighted by molar-refractivity contribution is 0.639. The molecule has 1 nitrogen and oxygen atoms in total. The van der Waals surface area contributed by atoms with E-state index in [1.54, 1.807) is 6.07 Å². The van der Waals surface area contributed by atoms with Crippen LogP contribution >= 0.6 is 0 Å². The molecule has 0 unspecified atom stereocenters. The lowest BCUT2D eigenvalue weighted by atomic mass is 9.93. The minimum absolute atomic E-state index is 0.228.